The fourth-order valence-corrected chi connectivity index (χ4v) is 1.80. The summed E-state index contributed by atoms with van der Waals surface area (Å²) in [6.45, 7) is -0.0801. The average Bonchev–Trinajstić information content (AvgIpc) is 2.59. The van der Waals surface area contributed by atoms with Gasteiger partial charge in [0, 0.05) is 0 Å². The van der Waals surface area contributed by atoms with Crippen LogP contribution in [0.5, 0.6) is 0 Å². The van der Waals surface area contributed by atoms with E-state index in [0.717, 1.165) is 11.4 Å². The Morgan fingerprint density at radius 1 is 1.17 bits per heavy atom. The number of carbonyl (C=O) groups excluding carboxylic acids is 1. The van der Waals surface area contributed by atoms with Gasteiger partial charge in [-0.05, 0) is 36.5 Å². The normalized spacial score (nSPS) is 8.83. The number of primary amides is 1. The molecule has 2 aromatic carbocycles. The van der Waals surface area contributed by atoms with Crippen molar-refractivity contribution in [3.63, 3.8) is 0 Å². The zero-order valence-corrected chi connectivity index (χ0v) is 14.3. The molecule has 0 aromatic heterocycles. The SMILES string of the molecule is N#CCOC(=S)NN(c1ccccc1)c1ccccc1.NC(=O)S. The number of anilines is 2. The van der Waals surface area contributed by atoms with Gasteiger partial charge in [0.15, 0.2) is 6.61 Å². The second kappa shape index (κ2) is 10.9. The molecule has 0 aliphatic heterocycles. The Morgan fingerprint density at radius 3 is 1.96 bits per heavy atom. The highest BCUT2D eigenvalue weighted by atomic mass is 32.1. The maximum Gasteiger partial charge on any atom is 0.277 e. The van der Waals surface area contributed by atoms with E-state index in [1.54, 1.807) is 5.01 Å². The van der Waals surface area contributed by atoms with Crippen LogP contribution in [0.4, 0.5) is 16.2 Å². The molecule has 2 rings (SSSR count). The summed E-state index contributed by atoms with van der Waals surface area (Å²) < 4.78 is 5.08. The number of benzene rings is 2. The van der Waals surface area contributed by atoms with Crippen LogP contribution in [-0.2, 0) is 4.74 Å². The van der Waals surface area contributed by atoms with Gasteiger partial charge in [-0.25, -0.2) is 0 Å². The van der Waals surface area contributed by atoms with E-state index in [0.29, 0.717) is 0 Å². The molecule has 0 saturated carbocycles. The molecule has 0 aliphatic carbocycles. The monoisotopic (exact) mass is 360 g/mol. The van der Waals surface area contributed by atoms with E-state index in [2.05, 4.69) is 23.8 Å². The molecule has 24 heavy (non-hydrogen) atoms. The third-order valence-electron chi connectivity index (χ3n) is 2.50. The summed E-state index contributed by atoms with van der Waals surface area (Å²) in [6, 6.07) is 21.3. The summed E-state index contributed by atoms with van der Waals surface area (Å²) in [5, 5.41) is 9.83. The molecule has 0 spiro atoms. The Balaban J connectivity index is 0.000000648. The molecular weight excluding hydrogens is 344 g/mol. The van der Waals surface area contributed by atoms with Crippen molar-refractivity contribution >= 4 is 46.6 Å². The van der Waals surface area contributed by atoms with Crippen molar-refractivity contribution in [2.24, 2.45) is 5.73 Å². The summed E-state index contributed by atoms with van der Waals surface area (Å²) >= 11 is 8.17. The van der Waals surface area contributed by atoms with E-state index in [-0.39, 0.29) is 11.8 Å². The maximum absolute atomic E-state index is 9.09. The Bertz CT molecular complexity index is 647. The first-order valence-electron chi connectivity index (χ1n) is 6.73. The fraction of sp³-hybridized carbons (Fsp3) is 0.0625. The van der Waals surface area contributed by atoms with Crippen molar-refractivity contribution < 1.29 is 9.53 Å². The Morgan fingerprint density at radius 2 is 1.58 bits per heavy atom. The lowest BCUT2D eigenvalue weighted by atomic mass is 10.2. The van der Waals surface area contributed by atoms with E-state index >= 15 is 0 Å². The molecule has 0 atom stereocenters. The number of hydrogen-bond donors (Lipinski definition) is 3. The topological polar surface area (TPSA) is 91.4 Å². The molecule has 0 fully saturated rings. The first-order valence-corrected chi connectivity index (χ1v) is 7.59. The van der Waals surface area contributed by atoms with E-state index in [9.17, 15) is 0 Å². The maximum atomic E-state index is 9.09. The van der Waals surface area contributed by atoms with Crippen LogP contribution in [0.15, 0.2) is 60.7 Å². The standard InChI is InChI=1S/C15H13N3OS.CH3NOS/c16-11-12-19-15(20)17-18(13-7-3-1-4-8-13)14-9-5-2-6-10-14;2-1(3)4/h1-10H,12H2,(H,17,20);(H3,2,3,4). The fourth-order valence-electron chi connectivity index (χ4n) is 1.65. The molecule has 0 unspecified atom stereocenters. The van der Waals surface area contributed by atoms with Gasteiger partial charge in [0.2, 0.25) is 0 Å². The van der Waals surface area contributed by atoms with Crippen LogP contribution in [0.2, 0.25) is 0 Å². The molecule has 1 amide bonds. The van der Waals surface area contributed by atoms with Crippen molar-refractivity contribution in [3.8, 4) is 6.07 Å². The molecule has 8 heteroatoms. The van der Waals surface area contributed by atoms with Crippen LogP contribution in [0.25, 0.3) is 0 Å². The number of thiocarbonyl (C=S) groups is 1. The third kappa shape index (κ3) is 7.49. The van der Waals surface area contributed by atoms with Gasteiger partial charge in [-0.2, -0.15) is 5.26 Å². The van der Waals surface area contributed by atoms with Gasteiger partial charge < -0.3 is 10.5 Å². The lowest BCUT2D eigenvalue weighted by Gasteiger charge is -2.26. The lowest BCUT2D eigenvalue weighted by Crippen LogP contribution is -2.39. The number of rotatable bonds is 4. The molecule has 3 N–H and O–H groups in total. The highest BCUT2D eigenvalue weighted by Gasteiger charge is 2.10. The molecular formula is C16H16N4O2S2. The highest BCUT2D eigenvalue weighted by molar-refractivity contribution is 7.96. The highest BCUT2D eigenvalue weighted by Crippen LogP contribution is 2.22. The number of amides is 1. The molecule has 0 aliphatic rings. The van der Waals surface area contributed by atoms with E-state index in [1.165, 1.54) is 0 Å². The molecule has 124 valence electrons. The van der Waals surface area contributed by atoms with Crippen LogP contribution in [0.3, 0.4) is 0 Å². The van der Waals surface area contributed by atoms with Crippen LogP contribution in [-0.4, -0.2) is 17.0 Å². The number of ether oxygens (including phenoxy) is 1. The van der Waals surface area contributed by atoms with Gasteiger partial charge in [0.25, 0.3) is 10.4 Å². The second-order valence-corrected chi connectivity index (χ2v) is 5.00. The number of carbonyl (C=O) groups is 1. The van der Waals surface area contributed by atoms with Gasteiger partial charge in [-0.15, -0.1) is 0 Å². The number of thiol groups is 1. The third-order valence-corrected chi connectivity index (χ3v) is 2.71. The van der Waals surface area contributed by atoms with E-state index in [4.69, 9.17) is 27.0 Å². The molecule has 0 radical (unpaired) electrons. The van der Waals surface area contributed by atoms with E-state index < -0.39 is 5.24 Å². The predicted octanol–water partition coefficient (Wildman–Crippen LogP) is 3.15. The minimum absolute atomic E-state index is 0.0801. The van der Waals surface area contributed by atoms with Crippen molar-refractivity contribution in [2.75, 3.05) is 11.6 Å². The van der Waals surface area contributed by atoms with Crippen LogP contribution >= 0.6 is 24.8 Å². The number of nitrogens with two attached hydrogens (primary N) is 1. The van der Waals surface area contributed by atoms with Gasteiger partial charge >= 0.3 is 0 Å². The molecule has 0 bridgehead atoms. The van der Waals surface area contributed by atoms with Gasteiger partial charge in [-0.1, -0.05) is 49.0 Å². The number of hydrazine groups is 1. The van der Waals surface area contributed by atoms with Crippen LogP contribution in [0, 0.1) is 11.3 Å². The first-order chi connectivity index (χ1) is 11.5. The average molecular weight is 360 g/mol. The Hall–Kier alpha value is -2.76. The molecule has 0 heterocycles. The van der Waals surface area contributed by atoms with Crippen LogP contribution in [0.1, 0.15) is 0 Å². The number of nitriles is 1. The quantitative estimate of drug-likeness (QED) is 0.441. The number of hydrogen-bond acceptors (Lipinski definition) is 5. The number of para-hydroxylation sites is 2. The minimum Gasteiger partial charge on any atom is -0.454 e. The van der Waals surface area contributed by atoms with Gasteiger partial charge in [0.1, 0.15) is 6.07 Å². The summed E-state index contributed by atoms with van der Waals surface area (Å²) in [7, 11) is 0. The molecule has 0 saturated heterocycles. The van der Waals surface area contributed by atoms with Crippen LogP contribution < -0.4 is 16.2 Å². The van der Waals surface area contributed by atoms with Crippen molar-refractivity contribution in [1.29, 1.82) is 5.26 Å². The summed E-state index contributed by atoms with van der Waals surface area (Å²) in [5.41, 5.74) is 9.15. The summed E-state index contributed by atoms with van der Waals surface area (Å²) in [4.78, 5) is 9.09. The zero-order chi connectivity index (χ0) is 17.8. The van der Waals surface area contributed by atoms with Gasteiger partial charge in [0.05, 0.1) is 11.4 Å². The largest absolute Gasteiger partial charge is 0.454 e. The Labute approximate surface area is 151 Å². The zero-order valence-electron chi connectivity index (χ0n) is 12.6. The first kappa shape index (κ1) is 19.3. The smallest absolute Gasteiger partial charge is 0.277 e. The van der Waals surface area contributed by atoms with Crippen molar-refractivity contribution in [3.05, 3.63) is 60.7 Å². The number of nitrogens with zero attached hydrogens (tertiary/aromatic N) is 2. The Kier molecular flexibility index (Phi) is 8.74. The summed E-state index contributed by atoms with van der Waals surface area (Å²) in [5.74, 6) is 0. The lowest BCUT2D eigenvalue weighted by molar-refractivity contribution is 0.267. The molecule has 2 aromatic rings. The van der Waals surface area contributed by atoms with Gasteiger partial charge in [-0.3, -0.25) is 15.2 Å². The van der Waals surface area contributed by atoms with Crippen molar-refractivity contribution in [2.45, 2.75) is 0 Å². The number of nitrogens with one attached hydrogen (secondary N) is 1. The van der Waals surface area contributed by atoms with Crippen molar-refractivity contribution in [1.82, 2.24) is 5.43 Å². The molecule has 6 nitrogen and oxygen atoms in total. The van der Waals surface area contributed by atoms with E-state index in [1.807, 2.05) is 66.7 Å². The minimum atomic E-state index is -0.639. The summed E-state index contributed by atoms with van der Waals surface area (Å²) in [6.07, 6.45) is 0. The second-order valence-electron chi connectivity index (χ2n) is 4.19. The predicted molar refractivity (Wildman–Crippen MR) is 101 cm³/mol.